The fourth-order valence-corrected chi connectivity index (χ4v) is 2.66. The van der Waals surface area contributed by atoms with Crippen molar-refractivity contribution < 1.29 is 9.59 Å². The van der Waals surface area contributed by atoms with E-state index in [1.807, 2.05) is 20.8 Å². The van der Waals surface area contributed by atoms with Crippen LogP contribution in [0.3, 0.4) is 0 Å². The predicted octanol–water partition coefficient (Wildman–Crippen LogP) is 2.39. The third-order valence-corrected chi connectivity index (χ3v) is 3.92. The van der Waals surface area contributed by atoms with E-state index in [2.05, 4.69) is 11.9 Å². The number of carbonyl (C=O) groups excluding carboxylic acids is 2. The minimum atomic E-state index is -0.449. The maximum atomic E-state index is 12.5. The van der Waals surface area contributed by atoms with Gasteiger partial charge in [0.1, 0.15) is 0 Å². The normalized spacial score (nSPS) is 18.8. The molecule has 114 valence electrons. The van der Waals surface area contributed by atoms with Crippen molar-refractivity contribution >= 4 is 11.8 Å². The van der Waals surface area contributed by atoms with Gasteiger partial charge in [-0.25, -0.2) is 0 Å². The molecule has 20 heavy (non-hydrogen) atoms. The van der Waals surface area contributed by atoms with Gasteiger partial charge in [-0.3, -0.25) is 9.59 Å². The Bertz CT molecular complexity index is 367. The Morgan fingerprint density at radius 3 is 2.30 bits per heavy atom. The molecule has 2 amide bonds. The number of amides is 2. The molecule has 0 radical (unpaired) electrons. The predicted molar refractivity (Wildman–Crippen MR) is 80.8 cm³/mol. The molecule has 0 bridgehead atoms. The van der Waals surface area contributed by atoms with Gasteiger partial charge in [0.05, 0.1) is 11.8 Å². The van der Waals surface area contributed by atoms with Crippen LogP contribution < -0.4 is 11.1 Å². The minimum Gasteiger partial charge on any atom is -0.369 e. The third kappa shape index (κ3) is 4.99. The van der Waals surface area contributed by atoms with Crippen molar-refractivity contribution in [1.82, 2.24) is 5.32 Å². The highest BCUT2D eigenvalue weighted by Gasteiger charge is 2.36. The second kappa shape index (κ2) is 6.91. The number of hydrogen-bond acceptors (Lipinski definition) is 2. The monoisotopic (exact) mass is 280 g/mol. The second-order valence-corrected chi connectivity index (χ2v) is 6.91. The van der Waals surface area contributed by atoms with Crippen LogP contribution in [0.5, 0.6) is 0 Å². The lowest BCUT2D eigenvalue weighted by atomic mass is 9.74. The molecule has 1 aliphatic carbocycles. The van der Waals surface area contributed by atoms with Gasteiger partial charge in [0.15, 0.2) is 0 Å². The zero-order valence-electron chi connectivity index (χ0n) is 12.9. The van der Waals surface area contributed by atoms with Crippen molar-refractivity contribution in [2.24, 2.45) is 23.5 Å². The first kappa shape index (κ1) is 16.7. The molecule has 1 rings (SSSR count). The molecule has 0 saturated heterocycles. The standard InChI is InChI=1S/C16H28N2O2/c1-5-7-12(14(17)19)13(10-11-8-6-9-11)15(20)18-16(2,3)4/h5,11-13H,1,6-10H2,2-4H3,(H2,17,19)(H,18,20)/t12?,13-/m1/s1. The van der Waals surface area contributed by atoms with E-state index in [4.69, 9.17) is 5.73 Å². The van der Waals surface area contributed by atoms with E-state index in [-0.39, 0.29) is 17.4 Å². The highest BCUT2D eigenvalue weighted by molar-refractivity contribution is 5.87. The van der Waals surface area contributed by atoms with E-state index in [0.717, 1.165) is 19.3 Å². The quantitative estimate of drug-likeness (QED) is 0.703. The van der Waals surface area contributed by atoms with Crippen LogP contribution in [-0.4, -0.2) is 17.4 Å². The largest absolute Gasteiger partial charge is 0.369 e. The maximum absolute atomic E-state index is 12.5. The van der Waals surface area contributed by atoms with Gasteiger partial charge >= 0.3 is 0 Å². The van der Waals surface area contributed by atoms with Crippen molar-refractivity contribution in [3.8, 4) is 0 Å². The Morgan fingerprint density at radius 2 is 1.95 bits per heavy atom. The van der Waals surface area contributed by atoms with Crippen LogP contribution in [0, 0.1) is 17.8 Å². The third-order valence-electron chi connectivity index (χ3n) is 3.92. The minimum absolute atomic E-state index is 0.0601. The number of allylic oxidation sites excluding steroid dienone is 1. The number of carbonyl (C=O) groups is 2. The Hall–Kier alpha value is -1.32. The lowest BCUT2D eigenvalue weighted by Crippen LogP contribution is -2.48. The fraction of sp³-hybridized carbons (Fsp3) is 0.750. The topological polar surface area (TPSA) is 72.2 Å². The molecule has 0 spiro atoms. The summed E-state index contributed by atoms with van der Waals surface area (Å²) < 4.78 is 0. The van der Waals surface area contributed by atoms with Gasteiger partial charge in [-0.15, -0.1) is 6.58 Å². The Morgan fingerprint density at radius 1 is 1.35 bits per heavy atom. The summed E-state index contributed by atoms with van der Waals surface area (Å²) in [6.45, 7) is 9.50. The molecule has 0 aromatic heterocycles. The number of nitrogens with two attached hydrogens (primary N) is 1. The molecule has 1 aliphatic rings. The van der Waals surface area contributed by atoms with E-state index in [1.165, 1.54) is 6.42 Å². The van der Waals surface area contributed by atoms with E-state index >= 15 is 0 Å². The summed E-state index contributed by atoms with van der Waals surface area (Å²) in [6, 6.07) is 0. The van der Waals surface area contributed by atoms with Crippen LogP contribution in [0.2, 0.25) is 0 Å². The maximum Gasteiger partial charge on any atom is 0.224 e. The van der Waals surface area contributed by atoms with Crippen molar-refractivity contribution in [3.63, 3.8) is 0 Å². The molecule has 2 atom stereocenters. The van der Waals surface area contributed by atoms with E-state index in [1.54, 1.807) is 6.08 Å². The summed E-state index contributed by atoms with van der Waals surface area (Å²) in [5.41, 5.74) is 5.19. The molecule has 0 aromatic carbocycles. The summed E-state index contributed by atoms with van der Waals surface area (Å²) in [4.78, 5) is 24.2. The SMILES string of the molecule is C=CCC(C(N)=O)[C@@H](CC1CCC1)C(=O)NC(C)(C)C. The van der Waals surface area contributed by atoms with Crippen molar-refractivity contribution in [3.05, 3.63) is 12.7 Å². The number of primary amides is 1. The molecular formula is C16H28N2O2. The molecule has 0 heterocycles. The van der Waals surface area contributed by atoms with Crippen LogP contribution in [0.15, 0.2) is 12.7 Å². The first-order valence-corrected chi connectivity index (χ1v) is 7.47. The average molecular weight is 280 g/mol. The number of hydrogen-bond donors (Lipinski definition) is 2. The van der Waals surface area contributed by atoms with Crippen LogP contribution in [-0.2, 0) is 9.59 Å². The van der Waals surface area contributed by atoms with Crippen molar-refractivity contribution in [2.75, 3.05) is 0 Å². The molecule has 1 unspecified atom stereocenters. The molecule has 4 nitrogen and oxygen atoms in total. The molecular weight excluding hydrogens is 252 g/mol. The lowest BCUT2D eigenvalue weighted by Gasteiger charge is -2.33. The van der Waals surface area contributed by atoms with E-state index < -0.39 is 11.8 Å². The fourth-order valence-electron chi connectivity index (χ4n) is 2.66. The molecule has 0 aromatic rings. The lowest BCUT2D eigenvalue weighted by molar-refractivity contribution is -0.135. The Kier molecular flexibility index (Phi) is 5.78. The van der Waals surface area contributed by atoms with Gasteiger partial charge < -0.3 is 11.1 Å². The van der Waals surface area contributed by atoms with Gasteiger partial charge in [-0.05, 0) is 39.5 Å². The second-order valence-electron chi connectivity index (χ2n) is 6.91. The van der Waals surface area contributed by atoms with Gasteiger partial charge in [0, 0.05) is 5.54 Å². The average Bonchev–Trinajstić information content (AvgIpc) is 2.22. The first-order chi connectivity index (χ1) is 9.24. The zero-order chi connectivity index (χ0) is 15.3. The summed E-state index contributed by atoms with van der Waals surface area (Å²) in [7, 11) is 0. The molecule has 1 saturated carbocycles. The molecule has 0 aliphatic heterocycles. The van der Waals surface area contributed by atoms with Crippen LogP contribution in [0.4, 0.5) is 0 Å². The highest BCUT2D eigenvalue weighted by atomic mass is 16.2. The molecule has 4 heteroatoms. The van der Waals surface area contributed by atoms with Crippen LogP contribution in [0.25, 0.3) is 0 Å². The summed E-state index contributed by atoms with van der Waals surface area (Å²) >= 11 is 0. The van der Waals surface area contributed by atoms with Gasteiger partial charge in [0.2, 0.25) is 11.8 Å². The van der Waals surface area contributed by atoms with Crippen molar-refractivity contribution in [2.45, 2.75) is 58.4 Å². The highest BCUT2D eigenvalue weighted by Crippen LogP contribution is 2.35. The van der Waals surface area contributed by atoms with Gasteiger partial charge in [-0.2, -0.15) is 0 Å². The summed E-state index contributed by atoms with van der Waals surface area (Å²) in [5, 5.41) is 2.99. The Labute approximate surface area is 122 Å². The first-order valence-electron chi connectivity index (χ1n) is 7.47. The summed E-state index contributed by atoms with van der Waals surface area (Å²) in [5.74, 6) is -0.698. The number of nitrogens with one attached hydrogen (secondary N) is 1. The van der Waals surface area contributed by atoms with Crippen molar-refractivity contribution in [1.29, 1.82) is 0 Å². The Balaban J connectivity index is 2.83. The van der Waals surface area contributed by atoms with Gasteiger partial charge in [-0.1, -0.05) is 25.3 Å². The van der Waals surface area contributed by atoms with E-state index in [9.17, 15) is 9.59 Å². The zero-order valence-corrected chi connectivity index (χ0v) is 12.9. The molecule has 1 fully saturated rings. The smallest absolute Gasteiger partial charge is 0.224 e. The van der Waals surface area contributed by atoms with Crippen LogP contribution in [0.1, 0.15) is 52.9 Å². The van der Waals surface area contributed by atoms with Crippen LogP contribution >= 0.6 is 0 Å². The molecule has 3 N–H and O–H groups in total. The number of rotatable bonds is 7. The van der Waals surface area contributed by atoms with E-state index in [0.29, 0.717) is 12.3 Å². The summed E-state index contributed by atoms with van der Waals surface area (Å²) in [6.07, 6.45) is 6.42. The van der Waals surface area contributed by atoms with Gasteiger partial charge in [0.25, 0.3) is 0 Å².